The SMILES string of the molecule is O=C1N(C2CC2)CC2CC1(c1ccccc1)c1cc(OCc3ccccc3)ccc1O2. The van der Waals surface area contributed by atoms with Gasteiger partial charge in [-0.2, -0.15) is 0 Å². The first-order chi connectivity index (χ1) is 15.2. The van der Waals surface area contributed by atoms with Gasteiger partial charge in [-0.3, -0.25) is 4.79 Å². The van der Waals surface area contributed by atoms with E-state index in [4.69, 9.17) is 9.47 Å². The monoisotopic (exact) mass is 411 g/mol. The maximum absolute atomic E-state index is 14.0. The molecule has 0 spiro atoms. The van der Waals surface area contributed by atoms with Crippen LogP contribution in [0.15, 0.2) is 78.9 Å². The molecule has 2 bridgehead atoms. The average molecular weight is 412 g/mol. The third-order valence-corrected chi connectivity index (χ3v) is 6.77. The highest BCUT2D eigenvalue weighted by Crippen LogP contribution is 2.51. The lowest BCUT2D eigenvalue weighted by molar-refractivity contribution is -0.145. The molecule has 0 aromatic heterocycles. The Balaban J connectivity index is 1.43. The van der Waals surface area contributed by atoms with E-state index >= 15 is 0 Å². The Hall–Kier alpha value is -3.27. The van der Waals surface area contributed by atoms with Crippen LogP contribution in [0.25, 0.3) is 0 Å². The predicted molar refractivity (Wildman–Crippen MR) is 118 cm³/mol. The van der Waals surface area contributed by atoms with Crippen LogP contribution in [0.3, 0.4) is 0 Å². The van der Waals surface area contributed by atoms with Crippen LogP contribution in [0.1, 0.15) is 36.0 Å². The van der Waals surface area contributed by atoms with Gasteiger partial charge in [-0.05, 0) is 42.2 Å². The smallest absolute Gasteiger partial charge is 0.238 e. The van der Waals surface area contributed by atoms with Gasteiger partial charge in [0.25, 0.3) is 0 Å². The summed E-state index contributed by atoms with van der Waals surface area (Å²) in [5.74, 6) is 1.77. The summed E-state index contributed by atoms with van der Waals surface area (Å²) in [7, 11) is 0. The topological polar surface area (TPSA) is 38.8 Å². The molecule has 6 rings (SSSR count). The summed E-state index contributed by atoms with van der Waals surface area (Å²) in [6, 6.07) is 26.6. The fraction of sp³-hybridized carbons (Fsp3) is 0.296. The molecule has 4 heteroatoms. The highest BCUT2D eigenvalue weighted by molar-refractivity contribution is 5.95. The largest absolute Gasteiger partial charge is 0.489 e. The first-order valence-electron chi connectivity index (χ1n) is 11.1. The van der Waals surface area contributed by atoms with Gasteiger partial charge >= 0.3 is 0 Å². The molecule has 1 saturated carbocycles. The standard InChI is InChI=1S/C27H25NO3/c29-26-27(20-9-5-2-6-10-20)16-23(17-28(26)21-11-12-21)31-25-14-13-22(15-24(25)27)30-18-19-7-3-1-4-8-19/h1-10,13-15,21,23H,11-12,16-18H2. The summed E-state index contributed by atoms with van der Waals surface area (Å²) < 4.78 is 12.5. The van der Waals surface area contributed by atoms with E-state index in [1.54, 1.807) is 0 Å². The molecule has 4 nitrogen and oxygen atoms in total. The molecule has 2 unspecified atom stereocenters. The summed E-state index contributed by atoms with van der Waals surface area (Å²) in [6.45, 7) is 1.17. The lowest BCUT2D eigenvalue weighted by Crippen LogP contribution is -2.60. The van der Waals surface area contributed by atoms with Gasteiger partial charge in [0.05, 0.1) is 6.54 Å². The summed E-state index contributed by atoms with van der Waals surface area (Å²) in [4.78, 5) is 16.1. The molecular formula is C27H25NO3. The van der Waals surface area contributed by atoms with Gasteiger partial charge < -0.3 is 14.4 Å². The van der Waals surface area contributed by atoms with Gasteiger partial charge in [0, 0.05) is 18.0 Å². The average Bonchev–Trinajstić information content (AvgIpc) is 3.66. The summed E-state index contributed by atoms with van der Waals surface area (Å²) >= 11 is 0. The predicted octanol–water partition coefficient (Wildman–Crippen LogP) is 4.71. The van der Waals surface area contributed by atoms with Gasteiger partial charge in [0.1, 0.15) is 29.6 Å². The number of fused-ring (bicyclic) bond motifs is 4. The van der Waals surface area contributed by atoms with E-state index < -0.39 is 5.41 Å². The van der Waals surface area contributed by atoms with Crippen molar-refractivity contribution in [2.24, 2.45) is 0 Å². The number of ether oxygens (including phenoxy) is 2. The number of benzene rings is 3. The molecule has 2 atom stereocenters. The second-order valence-electron chi connectivity index (χ2n) is 8.84. The molecule has 31 heavy (non-hydrogen) atoms. The normalized spacial score (nSPS) is 24.3. The minimum atomic E-state index is -0.716. The van der Waals surface area contributed by atoms with E-state index in [1.165, 1.54) is 0 Å². The Kier molecular flexibility index (Phi) is 4.27. The van der Waals surface area contributed by atoms with E-state index in [0.717, 1.165) is 41.0 Å². The van der Waals surface area contributed by atoms with E-state index in [1.807, 2.05) is 54.6 Å². The van der Waals surface area contributed by atoms with Crippen LogP contribution in [-0.2, 0) is 16.8 Å². The molecule has 156 valence electrons. The Morgan fingerprint density at radius 3 is 2.45 bits per heavy atom. The second-order valence-corrected chi connectivity index (χ2v) is 8.84. The molecule has 2 aliphatic heterocycles. The number of hydrogen-bond donors (Lipinski definition) is 0. The number of nitrogens with zero attached hydrogens (tertiary/aromatic N) is 1. The maximum Gasteiger partial charge on any atom is 0.238 e. The zero-order chi connectivity index (χ0) is 20.8. The molecule has 3 aliphatic rings. The Morgan fingerprint density at radius 1 is 0.968 bits per heavy atom. The fourth-order valence-electron chi connectivity index (χ4n) is 5.12. The van der Waals surface area contributed by atoms with Crippen LogP contribution in [0.4, 0.5) is 0 Å². The third kappa shape index (κ3) is 3.09. The number of hydrogen-bond acceptors (Lipinski definition) is 3. The van der Waals surface area contributed by atoms with Gasteiger partial charge in [0.15, 0.2) is 0 Å². The van der Waals surface area contributed by atoms with Gasteiger partial charge in [-0.25, -0.2) is 0 Å². The summed E-state index contributed by atoms with van der Waals surface area (Å²) in [5, 5.41) is 0. The van der Waals surface area contributed by atoms with Crippen molar-refractivity contribution in [1.82, 2.24) is 4.90 Å². The molecule has 1 saturated heterocycles. The molecule has 2 fully saturated rings. The van der Waals surface area contributed by atoms with Crippen LogP contribution in [-0.4, -0.2) is 29.5 Å². The van der Waals surface area contributed by atoms with Crippen molar-refractivity contribution >= 4 is 5.91 Å². The van der Waals surface area contributed by atoms with E-state index in [2.05, 4.69) is 29.2 Å². The van der Waals surface area contributed by atoms with Crippen LogP contribution >= 0.6 is 0 Å². The zero-order valence-corrected chi connectivity index (χ0v) is 17.4. The number of rotatable bonds is 5. The van der Waals surface area contributed by atoms with Gasteiger partial charge in [0.2, 0.25) is 5.91 Å². The van der Waals surface area contributed by atoms with Crippen molar-refractivity contribution in [2.75, 3.05) is 6.54 Å². The first-order valence-corrected chi connectivity index (χ1v) is 11.1. The maximum atomic E-state index is 14.0. The molecule has 0 radical (unpaired) electrons. The zero-order valence-electron chi connectivity index (χ0n) is 17.4. The van der Waals surface area contributed by atoms with Crippen molar-refractivity contribution < 1.29 is 14.3 Å². The molecule has 1 amide bonds. The Morgan fingerprint density at radius 2 is 1.71 bits per heavy atom. The quantitative estimate of drug-likeness (QED) is 0.611. The van der Waals surface area contributed by atoms with E-state index in [0.29, 0.717) is 25.6 Å². The number of likely N-dealkylation sites (tertiary alicyclic amines) is 1. The number of carbonyl (C=O) groups is 1. The lowest BCUT2D eigenvalue weighted by atomic mass is 9.66. The molecular weight excluding hydrogens is 386 g/mol. The van der Waals surface area contributed by atoms with E-state index in [9.17, 15) is 4.79 Å². The fourth-order valence-corrected chi connectivity index (χ4v) is 5.12. The van der Waals surface area contributed by atoms with Crippen molar-refractivity contribution in [3.63, 3.8) is 0 Å². The van der Waals surface area contributed by atoms with Crippen molar-refractivity contribution in [3.8, 4) is 11.5 Å². The molecule has 3 aromatic rings. The first kappa shape index (κ1) is 18.5. The minimum Gasteiger partial charge on any atom is -0.489 e. The summed E-state index contributed by atoms with van der Waals surface area (Å²) in [6.07, 6.45) is 2.88. The molecule has 2 heterocycles. The molecule has 0 N–H and O–H groups in total. The van der Waals surface area contributed by atoms with Crippen LogP contribution in [0, 0.1) is 0 Å². The second kappa shape index (κ2) is 7.16. The molecule has 1 aliphatic carbocycles. The highest BCUT2D eigenvalue weighted by Gasteiger charge is 2.56. The van der Waals surface area contributed by atoms with Crippen LogP contribution in [0.2, 0.25) is 0 Å². The van der Waals surface area contributed by atoms with Crippen LogP contribution in [0.5, 0.6) is 11.5 Å². The highest BCUT2D eigenvalue weighted by atomic mass is 16.5. The van der Waals surface area contributed by atoms with Gasteiger partial charge in [-0.1, -0.05) is 60.7 Å². The number of carbonyl (C=O) groups excluding carboxylic acids is 1. The van der Waals surface area contributed by atoms with Crippen LogP contribution < -0.4 is 9.47 Å². The lowest BCUT2D eigenvalue weighted by Gasteiger charge is -2.49. The number of piperidine rings is 1. The Bertz CT molecular complexity index is 1110. The van der Waals surface area contributed by atoms with E-state index in [-0.39, 0.29) is 12.0 Å². The minimum absolute atomic E-state index is 0.0158. The van der Waals surface area contributed by atoms with Crippen molar-refractivity contribution in [2.45, 2.75) is 43.4 Å². The molecule has 3 aromatic carbocycles. The third-order valence-electron chi connectivity index (χ3n) is 6.77. The number of amides is 1. The summed E-state index contributed by atoms with van der Waals surface area (Å²) in [5.41, 5.74) is 2.37. The van der Waals surface area contributed by atoms with Gasteiger partial charge in [-0.15, -0.1) is 0 Å². The van der Waals surface area contributed by atoms with Crippen molar-refractivity contribution in [1.29, 1.82) is 0 Å². The Labute approximate surface area is 182 Å². The van der Waals surface area contributed by atoms with Crippen molar-refractivity contribution in [3.05, 3.63) is 95.6 Å².